The van der Waals surface area contributed by atoms with Crippen molar-refractivity contribution in [3.8, 4) is 0 Å². The lowest BCUT2D eigenvalue weighted by molar-refractivity contribution is -0.149. The van der Waals surface area contributed by atoms with Gasteiger partial charge in [-0.05, 0) is 44.7 Å². The molecule has 2 rings (SSSR count). The first-order valence-corrected chi connectivity index (χ1v) is 7.70. The zero-order valence-electron chi connectivity index (χ0n) is 11.5. The van der Waals surface area contributed by atoms with Crippen LogP contribution in [0, 0.1) is 12.8 Å². The average molecular weight is 279 g/mol. The number of benzene rings is 1. The zero-order chi connectivity index (χ0) is 13.9. The van der Waals surface area contributed by atoms with Gasteiger partial charge >= 0.3 is 5.97 Å². The Balaban J connectivity index is 2.01. The minimum Gasteiger partial charge on any atom is -0.465 e. The number of thioether (sulfide) groups is 1. The molecule has 1 saturated carbocycles. The van der Waals surface area contributed by atoms with Gasteiger partial charge in [-0.2, -0.15) is 0 Å². The van der Waals surface area contributed by atoms with Crippen LogP contribution in [0.1, 0.15) is 25.3 Å². The van der Waals surface area contributed by atoms with Gasteiger partial charge < -0.3 is 10.5 Å². The van der Waals surface area contributed by atoms with Gasteiger partial charge in [0.05, 0.1) is 6.61 Å². The molecular weight excluding hydrogens is 258 g/mol. The first-order valence-electron chi connectivity index (χ1n) is 6.72. The van der Waals surface area contributed by atoms with Crippen molar-refractivity contribution >= 4 is 17.7 Å². The summed E-state index contributed by atoms with van der Waals surface area (Å²) >= 11 is 1.63. The van der Waals surface area contributed by atoms with E-state index >= 15 is 0 Å². The van der Waals surface area contributed by atoms with Gasteiger partial charge in [0.15, 0.2) is 0 Å². The number of rotatable bonds is 6. The topological polar surface area (TPSA) is 52.3 Å². The van der Waals surface area contributed by atoms with Crippen molar-refractivity contribution in [1.82, 2.24) is 0 Å². The molecule has 1 aromatic rings. The number of carbonyl (C=O) groups excluding carboxylic acids is 1. The molecule has 0 spiro atoms. The van der Waals surface area contributed by atoms with Gasteiger partial charge in [-0.25, -0.2) is 0 Å². The fourth-order valence-corrected chi connectivity index (χ4v) is 3.13. The molecular formula is C15H21NO2S. The van der Waals surface area contributed by atoms with E-state index in [2.05, 4.69) is 31.2 Å². The molecule has 0 saturated heterocycles. The molecule has 3 nitrogen and oxygen atoms in total. The van der Waals surface area contributed by atoms with E-state index < -0.39 is 5.54 Å². The molecule has 0 aromatic heterocycles. The van der Waals surface area contributed by atoms with Crippen molar-refractivity contribution in [3.05, 3.63) is 29.8 Å². The average Bonchev–Trinajstić information content (AvgIpc) is 3.22. The number of hydrogen-bond donors (Lipinski definition) is 1. The van der Waals surface area contributed by atoms with E-state index in [1.165, 1.54) is 5.56 Å². The predicted octanol–water partition coefficient (Wildman–Crippen LogP) is 2.76. The summed E-state index contributed by atoms with van der Waals surface area (Å²) < 4.78 is 5.14. The van der Waals surface area contributed by atoms with Gasteiger partial charge in [0.25, 0.3) is 0 Å². The summed E-state index contributed by atoms with van der Waals surface area (Å²) in [4.78, 5) is 13.2. The minimum absolute atomic E-state index is 0.253. The van der Waals surface area contributed by atoms with Crippen LogP contribution in [0.25, 0.3) is 0 Å². The molecule has 1 fully saturated rings. The predicted molar refractivity (Wildman–Crippen MR) is 78.2 cm³/mol. The highest BCUT2D eigenvalue weighted by molar-refractivity contribution is 7.99. The Morgan fingerprint density at radius 1 is 1.42 bits per heavy atom. The van der Waals surface area contributed by atoms with Crippen molar-refractivity contribution < 1.29 is 9.53 Å². The van der Waals surface area contributed by atoms with E-state index in [-0.39, 0.29) is 11.9 Å². The van der Waals surface area contributed by atoms with Crippen molar-refractivity contribution in [2.75, 3.05) is 12.4 Å². The van der Waals surface area contributed by atoms with Gasteiger partial charge in [0.1, 0.15) is 5.54 Å². The lowest BCUT2D eigenvalue weighted by Crippen LogP contribution is -2.53. The maximum atomic E-state index is 12.1. The van der Waals surface area contributed by atoms with Crippen molar-refractivity contribution in [1.29, 1.82) is 0 Å². The Morgan fingerprint density at radius 3 is 2.58 bits per heavy atom. The Bertz CT molecular complexity index is 442. The second-order valence-electron chi connectivity index (χ2n) is 5.14. The third kappa shape index (κ3) is 3.51. The fourth-order valence-electron chi connectivity index (χ4n) is 2.04. The second kappa shape index (κ2) is 5.97. The summed E-state index contributed by atoms with van der Waals surface area (Å²) in [5.41, 5.74) is 6.72. The number of aryl methyl sites for hydroxylation is 1. The third-order valence-electron chi connectivity index (χ3n) is 3.46. The Morgan fingerprint density at radius 2 is 2.05 bits per heavy atom. The highest BCUT2D eigenvalue weighted by Crippen LogP contribution is 2.41. The van der Waals surface area contributed by atoms with E-state index in [9.17, 15) is 4.79 Å². The standard InChI is InChI=1S/C15H21NO2S/c1-3-18-14(17)15(16,12-6-7-12)10-19-13-8-4-11(2)5-9-13/h4-5,8-9,12H,3,6-7,10,16H2,1-2H3. The molecule has 1 aromatic carbocycles. The normalized spacial score (nSPS) is 17.8. The number of hydrogen-bond acceptors (Lipinski definition) is 4. The SMILES string of the molecule is CCOC(=O)C(N)(CSc1ccc(C)cc1)C1CC1. The van der Waals surface area contributed by atoms with Crippen molar-refractivity contribution in [2.45, 2.75) is 37.1 Å². The molecule has 1 unspecified atom stereocenters. The van der Waals surface area contributed by atoms with Crippen LogP contribution in [0.4, 0.5) is 0 Å². The molecule has 19 heavy (non-hydrogen) atoms. The number of esters is 1. The summed E-state index contributed by atoms with van der Waals surface area (Å²) in [6.45, 7) is 4.27. The van der Waals surface area contributed by atoms with Gasteiger partial charge in [-0.3, -0.25) is 4.79 Å². The maximum absolute atomic E-state index is 12.1. The molecule has 0 radical (unpaired) electrons. The molecule has 1 aliphatic rings. The summed E-state index contributed by atoms with van der Waals surface area (Å²) in [6, 6.07) is 8.28. The van der Waals surface area contributed by atoms with Crippen LogP contribution in [0.2, 0.25) is 0 Å². The smallest absolute Gasteiger partial charge is 0.327 e. The largest absolute Gasteiger partial charge is 0.465 e. The number of nitrogens with two attached hydrogens (primary N) is 1. The first kappa shape index (κ1) is 14.4. The monoisotopic (exact) mass is 279 g/mol. The Labute approximate surface area is 118 Å². The van der Waals surface area contributed by atoms with Crippen molar-refractivity contribution in [3.63, 3.8) is 0 Å². The molecule has 4 heteroatoms. The summed E-state index contributed by atoms with van der Waals surface area (Å²) in [5.74, 6) is 0.612. The molecule has 1 atom stereocenters. The van der Waals surface area contributed by atoms with Crippen molar-refractivity contribution in [2.24, 2.45) is 11.7 Å². The molecule has 0 heterocycles. The Kier molecular flexibility index (Phi) is 4.53. The molecule has 0 aliphatic heterocycles. The van der Waals surface area contributed by atoms with Gasteiger partial charge in [-0.1, -0.05) is 17.7 Å². The maximum Gasteiger partial charge on any atom is 0.327 e. The van der Waals surface area contributed by atoms with Crippen LogP contribution < -0.4 is 5.73 Å². The van der Waals surface area contributed by atoms with Crippen LogP contribution in [0.5, 0.6) is 0 Å². The van der Waals surface area contributed by atoms with Gasteiger partial charge in [0, 0.05) is 10.6 Å². The number of carbonyl (C=O) groups is 1. The fraction of sp³-hybridized carbons (Fsp3) is 0.533. The van der Waals surface area contributed by atoms with E-state index in [1.807, 2.05) is 6.92 Å². The first-order chi connectivity index (χ1) is 9.06. The van der Waals surface area contributed by atoms with E-state index in [0.29, 0.717) is 12.4 Å². The number of ether oxygens (including phenoxy) is 1. The van der Waals surface area contributed by atoms with Crippen LogP contribution in [0.3, 0.4) is 0 Å². The molecule has 0 bridgehead atoms. The summed E-state index contributed by atoms with van der Waals surface area (Å²) in [5, 5.41) is 0. The van der Waals surface area contributed by atoms with Gasteiger partial charge in [-0.15, -0.1) is 11.8 Å². The molecule has 1 aliphatic carbocycles. The summed E-state index contributed by atoms with van der Waals surface area (Å²) in [7, 11) is 0. The van der Waals surface area contributed by atoms with Crippen LogP contribution in [-0.2, 0) is 9.53 Å². The minimum atomic E-state index is -0.828. The summed E-state index contributed by atoms with van der Waals surface area (Å²) in [6.07, 6.45) is 2.06. The molecule has 104 valence electrons. The van der Waals surface area contributed by atoms with E-state index in [1.54, 1.807) is 11.8 Å². The van der Waals surface area contributed by atoms with Crippen LogP contribution >= 0.6 is 11.8 Å². The zero-order valence-corrected chi connectivity index (χ0v) is 12.3. The quantitative estimate of drug-likeness (QED) is 0.642. The van der Waals surface area contributed by atoms with Gasteiger partial charge in [0.2, 0.25) is 0 Å². The highest BCUT2D eigenvalue weighted by atomic mass is 32.2. The second-order valence-corrected chi connectivity index (χ2v) is 6.19. The van der Waals surface area contributed by atoms with Crippen LogP contribution in [0.15, 0.2) is 29.2 Å². The molecule has 0 amide bonds. The Hall–Kier alpha value is -1.00. The molecule has 2 N–H and O–H groups in total. The third-order valence-corrected chi connectivity index (χ3v) is 4.69. The van der Waals surface area contributed by atoms with E-state index in [4.69, 9.17) is 10.5 Å². The lowest BCUT2D eigenvalue weighted by atomic mass is 9.97. The highest BCUT2D eigenvalue weighted by Gasteiger charge is 2.49. The van der Waals surface area contributed by atoms with E-state index in [0.717, 1.165) is 17.7 Å². The lowest BCUT2D eigenvalue weighted by Gasteiger charge is -2.26. The van der Waals surface area contributed by atoms with Crippen LogP contribution in [-0.4, -0.2) is 23.9 Å².